The lowest BCUT2D eigenvalue weighted by molar-refractivity contribution is -0.141. The Kier molecular flexibility index (Phi) is 9.75. The van der Waals surface area contributed by atoms with Gasteiger partial charge in [0.15, 0.2) is 0 Å². The summed E-state index contributed by atoms with van der Waals surface area (Å²) in [6, 6.07) is 31.0. The van der Waals surface area contributed by atoms with E-state index in [1.807, 2.05) is 56.5 Å². The topological polar surface area (TPSA) is 43.9 Å². The molecule has 4 aromatic carbocycles. The number of benzene rings is 4. The van der Waals surface area contributed by atoms with Gasteiger partial charge in [-0.25, -0.2) is 0 Å². The molecule has 0 aromatic heterocycles. The van der Waals surface area contributed by atoms with E-state index >= 15 is 0 Å². The molecule has 1 fully saturated rings. The van der Waals surface area contributed by atoms with Gasteiger partial charge in [-0.05, 0) is 52.6 Å². The number of allylic oxidation sites excluding steroid dienone is 3. The van der Waals surface area contributed by atoms with Crippen molar-refractivity contribution in [1.29, 1.82) is 0 Å². The summed E-state index contributed by atoms with van der Waals surface area (Å²) < 4.78 is 0. The minimum Gasteiger partial charge on any atom is -0.330 e. The molecule has 1 aliphatic rings. The molecule has 1 atom stereocenters. The van der Waals surface area contributed by atoms with Crippen molar-refractivity contribution >= 4 is 29.0 Å². The molecule has 1 unspecified atom stereocenters. The Morgan fingerprint density at radius 1 is 0.881 bits per heavy atom. The first-order valence-electron chi connectivity index (χ1n) is 14.7. The van der Waals surface area contributed by atoms with Crippen molar-refractivity contribution in [2.75, 3.05) is 33.2 Å². The number of fused-ring (bicyclic) bond motifs is 1. The fourth-order valence-electron chi connectivity index (χ4n) is 5.71. The Bertz CT molecular complexity index is 1560. The van der Waals surface area contributed by atoms with Crippen LogP contribution in [0.1, 0.15) is 23.6 Å². The predicted octanol–water partition coefficient (Wildman–Crippen LogP) is 6.44. The largest absolute Gasteiger partial charge is 0.330 e. The Morgan fingerprint density at radius 3 is 2.38 bits per heavy atom. The number of carbonyl (C=O) groups excluding carboxylic acids is 2. The molecular formula is C37H39N3O2. The number of rotatable bonds is 10. The average molecular weight is 558 g/mol. The summed E-state index contributed by atoms with van der Waals surface area (Å²) in [5.41, 5.74) is 5.75. The normalized spacial score (nSPS) is 16.4. The third-order valence-corrected chi connectivity index (χ3v) is 8.10. The van der Waals surface area contributed by atoms with E-state index in [2.05, 4.69) is 82.6 Å². The van der Waals surface area contributed by atoms with E-state index in [-0.39, 0.29) is 18.5 Å². The van der Waals surface area contributed by atoms with Gasteiger partial charge >= 0.3 is 0 Å². The summed E-state index contributed by atoms with van der Waals surface area (Å²) in [5.74, 6) is -0.00689. The molecule has 0 aliphatic carbocycles. The molecular weight excluding hydrogens is 518 g/mol. The number of hydrogen-bond acceptors (Lipinski definition) is 4. The molecule has 0 saturated carbocycles. The number of carbonyl (C=O) groups is 2. The molecule has 0 spiro atoms. The van der Waals surface area contributed by atoms with Crippen LogP contribution in [0.5, 0.6) is 0 Å². The molecule has 1 amide bonds. The summed E-state index contributed by atoms with van der Waals surface area (Å²) in [7, 11) is 2.01. The second-order valence-corrected chi connectivity index (χ2v) is 10.9. The zero-order valence-electron chi connectivity index (χ0n) is 24.5. The van der Waals surface area contributed by atoms with E-state index in [1.54, 1.807) is 4.90 Å². The van der Waals surface area contributed by atoms with Gasteiger partial charge in [0.1, 0.15) is 12.3 Å². The van der Waals surface area contributed by atoms with Crippen LogP contribution in [0, 0.1) is 0 Å². The molecule has 1 saturated heterocycles. The highest BCUT2D eigenvalue weighted by Gasteiger charge is 2.33. The van der Waals surface area contributed by atoms with Gasteiger partial charge in [-0.2, -0.15) is 0 Å². The highest BCUT2D eigenvalue weighted by atomic mass is 16.2. The van der Waals surface area contributed by atoms with Crippen LogP contribution in [0.4, 0.5) is 0 Å². The third kappa shape index (κ3) is 6.93. The first-order chi connectivity index (χ1) is 20.6. The van der Waals surface area contributed by atoms with Gasteiger partial charge in [0, 0.05) is 32.7 Å². The Hall–Kier alpha value is -4.32. The molecule has 1 heterocycles. The van der Waals surface area contributed by atoms with Crippen LogP contribution in [0.2, 0.25) is 0 Å². The van der Waals surface area contributed by atoms with Gasteiger partial charge < -0.3 is 9.69 Å². The fraction of sp³-hybridized carbons (Fsp3) is 0.243. The van der Waals surface area contributed by atoms with E-state index in [9.17, 15) is 9.59 Å². The van der Waals surface area contributed by atoms with Crippen LogP contribution in [0.15, 0.2) is 109 Å². The molecule has 1 aliphatic heterocycles. The standard InChI is InChI=1S/C37H39N3O2/c1-3-4-6-13-33-21-20-32-14-9-10-15-34(32)35(33)27-39-23-22-38(2)36(28-39)37(42)40(24-25-41)26-29-16-18-31(19-17-29)30-11-7-5-8-12-30/h3-21,25,36H,22-24,26-28H2,1-2H3/b4-3-,13-6-. The van der Waals surface area contributed by atoms with Crippen molar-refractivity contribution in [2.45, 2.75) is 26.1 Å². The highest BCUT2D eigenvalue weighted by Crippen LogP contribution is 2.27. The fourth-order valence-corrected chi connectivity index (χ4v) is 5.71. The predicted molar refractivity (Wildman–Crippen MR) is 173 cm³/mol. The van der Waals surface area contributed by atoms with Crippen LogP contribution in [0.25, 0.3) is 28.0 Å². The monoisotopic (exact) mass is 557 g/mol. The Morgan fingerprint density at radius 2 is 1.62 bits per heavy atom. The van der Waals surface area contributed by atoms with E-state index in [4.69, 9.17) is 0 Å². The molecule has 0 N–H and O–H groups in total. The maximum atomic E-state index is 13.9. The molecule has 4 aromatic rings. The Labute approximate surface area is 249 Å². The zero-order chi connectivity index (χ0) is 29.3. The molecule has 5 rings (SSSR count). The lowest BCUT2D eigenvalue weighted by Gasteiger charge is -2.40. The second-order valence-electron chi connectivity index (χ2n) is 10.9. The van der Waals surface area contributed by atoms with Gasteiger partial charge in [0.05, 0.1) is 6.54 Å². The lowest BCUT2D eigenvalue weighted by Crippen LogP contribution is -2.58. The van der Waals surface area contributed by atoms with Crippen molar-refractivity contribution in [1.82, 2.24) is 14.7 Å². The SMILES string of the molecule is C/C=C\C=C/c1ccc2ccccc2c1CN1CCN(C)C(C(=O)N(CC=O)Cc2ccc(-c3ccccc3)cc2)C1. The van der Waals surface area contributed by atoms with Gasteiger partial charge in [0.25, 0.3) is 0 Å². The van der Waals surface area contributed by atoms with Crippen LogP contribution in [-0.4, -0.2) is 66.2 Å². The third-order valence-electron chi connectivity index (χ3n) is 8.10. The molecule has 5 nitrogen and oxygen atoms in total. The van der Waals surface area contributed by atoms with Crippen molar-refractivity contribution in [3.63, 3.8) is 0 Å². The number of likely N-dealkylation sites (N-methyl/N-ethyl adjacent to an activating group) is 1. The summed E-state index contributed by atoms with van der Waals surface area (Å²) in [6.07, 6.45) is 9.14. The van der Waals surface area contributed by atoms with Gasteiger partial charge in [0.2, 0.25) is 5.91 Å². The van der Waals surface area contributed by atoms with Crippen LogP contribution >= 0.6 is 0 Å². The molecule has 0 bridgehead atoms. The van der Waals surface area contributed by atoms with Gasteiger partial charge in [-0.1, -0.05) is 115 Å². The highest BCUT2D eigenvalue weighted by molar-refractivity contribution is 5.89. The number of piperazine rings is 1. The van der Waals surface area contributed by atoms with Crippen molar-refractivity contribution in [2.24, 2.45) is 0 Å². The first kappa shape index (κ1) is 29.2. The smallest absolute Gasteiger partial charge is 0.241 e. The number of aldehydes is 1. The molecule has 214 valence electrons. The summed E-state index contributed by atoms with van der Waals surface area (Å²) in [4.78, 5) is 31.8. The summed E-state index contributed by atoms with van der Waals surface area (Å²) in [5, 5.41) is 2.45. The van der Waals surface area contributed by atoms with Crippen molar-refractivity contribution < 1.29 is 9.59 Å². The average Bonchev–Trinajstić information content (AvgIpc) is 3.03. The van der Waals surface area contributed by atoms with Crippen molar-refractivity contribution in [3.8, 4) is 11.1 Å². The Balaban J connectivity index is 1.33. The molecule has 42 heavy (non-hydrogen) atoms. The van der Waals surface area contributed by atoms with Gasteiger partial charge in [-0.3, -0.25) is 14.6 Å². The van der Waals surface area contributed by atoms with E-state index in [0.717, 1.165) is 42.6 Å². The van der Waals surface area contributed by atoms with Crippen LogP contribution in [0.3, 0.4) is 0 Å². The molecule has 0 radical (unpaired) electrons. The zero-order valence-corrected chi connectivity index (χ0v) is 24.5. The minimum atomic E-state index is -0.320. The van der Waals surface area contributed by atoms with E-state index < -0.39 is 0 Å². The maximum absolute atomic E-state index is 13.9. The van der Waals surface area contributed by atoms with Crippen LogP contribution < -0.4 is 0 Å². The van der Waals surface area contributed by atoms with E-state index in [0.29, 0.717) is 13.1 Å². The minimum absolute atomic E-state index is 0.00689. The number of amides is 1. The number of nitrogens with zero attached hydrogens (tertiary/aromatic N) is 3. The second kappa shape index (κ2) is 14.0. The first-order valence-corrected chi connectivity index (χ1v) is 14.7. The summed E-state index contributed by atoms with van der Waals surface area (Å²) >= 11 is 0. The maximum Gasteiger partial charge on any atom is 0.241 e. The van der Waals surface area contributed by atoms with Crippen molar-refractivity contribution in [3.05, 3.63) is 126 Å². The van der Waals surface area contributed by atoms with Gasteiger partial charge in [-0.15, -0.1) is 0 Å². The quantitative estimate of drug-likeness (QED) is 0.166. The summed E-state index contributed by atoms with van der Waals surface area (Å²) in [6.45, 7) is 5.51. The number of hydrogen-bond donors (Lipinski definition) is 0. The van der Waals surface area contributed by atoms with Crippen LogP contribution in [-0.2, 0) is 22.7 Å². The lowest BCUT2D eigenvalue weighted by atomic mass is 9.97. The molecule has 5 heteroatoms. The van der Waals surface area contributed by atoms with E-state index in [1.165, 1.54) is 21.9 Å².